The number of hydrogen-bond acceptors (Lipinski definition) is 5. The van der Waals surface area contributed by atoms with Crippen LogP contribution in [-0.4, -0.2) is 79.4 Å². The lowest BCUT2D eigenvalue weighted by Gasteiger charge is -2.39. The third kappa shape index (κ3) is 6.83. The first kappa shape index (κ1) is 27.4. The van der Waals surface area contributed by atoms with E-state index in [1.807, 2.05) is 41.8 Å². The van der Waals surface area contributed by atoms with Gasteiger partial charge in [0, 0.05) is 50.6 Å². The Kier molecular flexibility index (Phi) is 8.25. The molecule has 0 bridgehead atoms. The van der Waals surface area contributed by atoms with Crippen molar-refractivity contribution >= 4 is 29.1 Å². The Hall–Kier alpha value is -3.60. The number of benzene rings is 2. The van der Waals surface area contributed by atoms with Gasteiger partial charge in [-0.2, -0.15) is 13.2 Å². The van der Waals surface area contributed by atoms with Crippen molar-refractivity contribution in [2.24, 2.45) is 0 Å². The lowest BCUT2D eigenvalue weighted by Crippen LogP contribution is -2.60. The summed E-state index contributed by atoms with van der Waals surface area (Å²) in [5.74, 6) is -0.976. The third-order valence-electron chi connectivity index (χ3n) is 6.81. The molecule has 204 valence electrons. The van der Waals surface area contributed by atoms with Crippen LogP contribution < -0.4 is 15.5 Å². The molecule has 2 aliphatic rings. The molecule has 8 nitrogen and oxygen atoms in total. The van der Waals surface area contributed by atoms with Crippen molar-refractivity contribution in [1.82, 2.24) is 15.1 Å². The number of alkyl halides is 3. The minimum Gasteiger partial charge on any atom is -0.369 e. The quantitative estimate of drug-likeness (QED) is 0.599. The van der Waals surface area contributed by atoms with E-state index < -0.39 is 17.8 Å². The molecule has 38 heavy (non-hydrogen) atoms. The molecule has 11 heteroatoms. The Bertz CT molecular complexity index is 1170. The SMILES string of the molecule is Cc1cc(C)cc(NC(=O)CC2C(=O)NCCN2C(=O)CN2CCN(c3cccc(C(F)(F)F)c3)CC2)c1. The monoisotopic (exact) mass is 531 g/mol. The Morgan fingerprint density at radius 1 is 1.00 bits per heavy atom. The lowest BCUT2D eigenvalue weighted by atomic mass is 10.1. The van der Waals surface area contributed by atoms with Crippen LogP contribution in [0.1, 0.15) is 23.1 Å². The van der Waals surface area contributed by atoms with Crippen molar-refractivity contribution in [3.63, 3.8) is 0 Å². The third-order valence-corrected chi connectivity index (χ3v) is 6.81. The van der Waals surface area contributed by atoms with Crippen molar-refractivity contribution < 1.29 is 27.6 Å². The number of rotatable bonds is 6. The van der Waals surface area contributed by atoms with E-state index in [0.29, 0.717) is 50.6 Å². The number of anilines is 2. The summed E-state index contributed by atoms with van der Waals surface area (Å²) in [5.41, 5.74) is 2.44. The number of hydrogen-bond donors (Lipinski definition) is 2. The molecule has 2 aliphatic heterocycles. The summed E-state index contributed by atoms with van der Waals surface area (Å²) in [7, 11) is 0. The number of carbonyl (C=O) groups is 3. The highest BCUT2D eigenvalue weighted by Gasteiger charge is 2.36. The van der Waals surface area contributed by atoms with Crippen molar-refractivity contribution in [1.29, 1.82) is 0 Å². The number of amides is 3. The minimum atomic E-state index is -4.41. The number of carbonyl (C=O) groups excluding carboxylic acids is 3. The van der Waals surface area contributed by atoms with Gasteiger partial charge in [-0.25, -0.2) is 0 Å². The van der Waals surface area contributed by atoms with Crippen LogP contribution in [0.5, 0.6) is 0 Å². The Balaban J connectivity index is 1.33. The second-order valence-corrected chi connectivity index (χ2v) is 9.83. The number of halogens is 3. The average Bonchev–Trinajstić information content (AvgIpc) is 2.84. The second kappa shape index (κ2) is 11.4. The van der Waals surface area contributed by atoms with Crippen LogP contribution in [0.3, 0.4) is 0 Å². The van der Waals surface area contributed by atoms with Gasteiger partial charge in [0.15, 0.2) is 0 Å². The topological polar surface area (TPSA) is 85.0 Å². The fraction of sp³-hybridized carbons (Fsp3) is 0.444. The molecule has 2 saturated heterocycles. The molecular formula is C27H32F3N5O3. The molecule has 1 atom stereocenters. The van der Waals surface area contributed by atoms with Gasteiger partial charge in [-0.3, -0.25) is 19.3 Å². The zero-order valence-electron chi connectivity index (χ0n) is 21.5. The van der Waals surface area contributed by atoms with Gasteiger partial charge in [-0.05, 0) is 55.3 Å². The maximum atomic E-state index is 13.2. The van der Waals surface area contributed by atoms with Crippen molar-refractivity contribution in [3.8, 4) is 0 Å². The van der Waals surface area contributed by atoms with E-state index in [1.54, 1.807) is 6.07 Å². The van der Waals surface area contributed by atoms with Gasteiger partial charge in [-0.1, -0.05) is 12.1 Å². The van der Waals surface area contributed by atoms with Gasteiger partial charge < -0.3 is 20.4 Å². The molecule has 2 aromatic rings. The van der Waals surface area contributed by atoms with E-state index in [0.717, 1.165) is 23.3 Å². The molecule has 1 unspecified atom stereocenters. The standard InChI is InChI=1S/C27H32F3N5O3/c1-18-12-19(2)14-21(13-18)32-24(36)16-23-26(38)31-6-7-35(23)25(37)17-33-8-10-34(11-9-33)22-5-3-4-20(15-22)27(28,29)30/h3-5,12-15,23H,6-11,16-17H2,1-2H3,(H,31,38)(H,32,36). The summed E-state index contributed by atoms with van der Waals surface area (Å²) >= 11 is 0. The van der Waals surface area contributed by atoms with Crippen LogP contribution in [-0.2, 0) is 20.6 Å². The molecule has 2 heterocycles. The first-order chi connectivity index (χ1) is 18.0. The molecule has 0 saturated carbocycles. The maximum Gasteiger partial charge on any atom is 0.416 e. The summed E-state index contributed by atoms with van der Waals surface area (Å²) in [6.07, 6.45) is -4.56. The predicted octanol–water partition coefficient (Wildman–Crippen LogP) is 2.80. The predicted molar refractivity (Wildman–Crippen MR) is 138 cm³/mol. The molecule has 0 aliphatic carbocycles. The average molecular weight is 532 g/mol. The van der Waals surface area contributed by atoms with Crippen LogP contribution in [0.4, 0.5) is 24.5 Å². The molecular weight excluding hydrogens is 499 g/mol. The number of nitrogens with zero attached hydrogens (tertiary/aromatic N) is 3. The summed E-state index contributed by atoms with van der Waals surface area (Å²) in [4.78, 5) is 43.8. The zero-order valence-corrected chi connectivity index (χ0v) is 21.5. The summed E-state index contributed by atoms with van der Waals surface area (Å²) in [6, 6.07) is 9.99. The number of nitrogens with one attached hydrogen (secondary N) is 2. The van der Waals surface area contributed by atoms with Gasteiger partial charge in [0.05, 0.1) is 18.5 Å². The highest BCUT2D eigenvalue weighted by Crippen LogP contribution is 2.32. The van der Waals surface area contributed by atoms with E-state index in [9.17, 15) is 27.6 Å². The van der Waals surface area contributed by atoms with Crippen LogP contribution >= 0.6 is 0 Å². The largest absolute Gasteiger partial charge is 0.416 e. The molecule has 2 N–H and O–H groups in total. The first-order valence-electron chi connectivity index (χ1n) is 12.6. The van der Waals surface area contributed by atoms with Crippen LogP contribution in [0.25, 0.3) is 0 Å². The van der Waals surface area contributed by atoms with Gasteiger partial charge in [0.25, 0.3) is 0 Å². The van der Waals surface area contributed by atoms with Gasteiger partial charge in [0.2, 0.25) is 17.7 Å². The molecule has 0 radical (unpaired) electrons. The molecule has 4 rings (SSSR count). The van der Waals surface area contributed by atoms with Crippen LogP contribution in [0.15, 0.2) is 42.5 Å². The lowest BCUT2D eigenvalue weighted by molar-refractivity contribution is -0.145. The van der Waals surface area contributed by atoms with Gasteiger partial charge in [-0.15, -0.1) is 0 Å². The number of aryl methyl sites for hydroxylation is 2. The van der Waals surface area contributed by atoms with E-state index in [-0.39, 0.29) is 30.7 Å². The highest BCUT2D eigenvalue weighted by atomic mass is 19.4. The number of piperazine rings is 2. The van der Waals surface area contributed by atoms with Crippen molar-refractivity contribution in [2.75, 3.05) is 56.0 Å². The van der Waals surface area contributed by atoms with E-state index >= 15 is 0 Å². The van der Waals surface area contributed by atoms with E-state index in [2.05, 4.69) is 10.6 Å². The molecule has 0 aromatic heterocycles. The molecule has 3 amide bonds. The molecule has 2 fully saturated rings. The van der Waals surface area contributed by atoms with Gasteiger partial charge in [0.1, 0.15) is 6.04 Å². The Morgan fingerprint density at radius 2 is 1.68 bits per heavy atom. The summed E-state index contributed by atoms with van der Waals surface area (Å²) in [5, 5.41) is 5.56. The van der Waals surface area contributed by atoms with Crippen LogP contribution in [0, 0.1) is 13.8 Å². The Labute approximate surface area is 219 Å². The van der Waals surface area contributed by atoms with Crippen LogP contribution in [0.2, 0.25) is 0 Å². The fourth-order valence-electron chi connectivity index (χ4n) is 4.98. The smallest absolute Gasteiger partial charge is 0.369 e. The zero-order chi connectivity index (χ0) is 27.4. The maximum absolute atomic E-state index is 13.2. The van der Waals surface area contributed by atoms with Crippen molar-refractivity contribution in [2.45, 2.75) is 32.5 Å². The normalized spacial score (nSPS) is 18.8. The summed E-state index contributed by atoms with van der Waals surface area (Å²) in [6.45, 7) is 6.44. The molecule has 0 spiro atoms. The Morgan fingerprint density at radius 3 is 2.34 bits per heavy atom. The fourth-order valence-corrected chi connectivity index (χ4v) is 4.98. The molecule has 2 aromatic carbocycles. The highest BCUT2D eigenvalue weighted by molar-refractivity contribution is 5.97. The van der Waals surface area contributed by atoms with Gasteiger partial charge >= 0.3 is 6.18 Å². The van der Waals surface area contributed by atoms with E-state index in [1.165, 1.54) is 11.0 Å². The van der Waals surface area contributed by atoms with Crippen molar-refractivity contribution in [3.05, 3.63) is 59.2 Å². The first-order valence-corrected chi connectivity index (χ1v) is 12.6. The second-order valence-electron chi connectivity index (χ2n) is 9.83. The van der Waals surface area contributed by atoms with E-state index in [4.69, 9.17) is 0 Å². The minimum absolute atomic E-state index is 0.0684. The summed E-state index contributed by atoms with van der Waals surface area (Å²) < 4.78 is 39.2.